The van der Waals surface area contributed by atoms with Crippen molar-refractivity contribution < 1.29 is 39.1 Å². The van der Waals surface area contributed by atoms with Crippen LogP contribution >= 0.6 is 23.2 Å². The Morgan fingerprint density at radius 2 is 1.28 bits per heavy atom. The normalized spacial score (nSPS) is 16.3. The maximum Gasteiger partial charge on any atom is 0.317 e. The van der Waals surface area contributed by atoms with Crippen LogP contribution in [0.15, 0.2) is 48.5 Å². The molecule has 0 radical (unpaired) electrons. The van der Waals surface area contributed by atoms with E-state index in [1.54, 1.807) is 12.1 Å². The topological polar surface area (TPSA) is 165 Å². The number of hydrogen-bond acceptors (Lipinski definition) is 11. The lowest BCUT2D eigenvalue weighted by molar-refractivity contribution is -0.136. The van der Waals surface area contributed by atoms with Gasteiger partial charge in [-0.15, -0.1) is 0 Å². The van der Waals surface area contributed by atoms with Crippen LogP contribution in [-0.2, 0) is 30.7 Å². The molecule has 0 aliphatic heterocycles. The molecule has 0 unspecified atom stereocenters. The van der Waals surface area contributed by atoms with Gasteiger partial charge in [0.15, 0.2) is 6.29 Å². The van der Waals surface area contributed by atoms with Gasteiger partial charge in [-0.25, -0.2) is 0 Å². The quantitative estimate of drug-likeness (QED) is 0.102. The van der Waals surface area contributed by atoms with E-state index in [4.69, 9.17) is 57.5 Å². The van der Waals surface area contributed by atoms with Crippen LogP contribution in [0.1, 0.15) is 58.4 Å². The summed E-state index contributed by atoms with van der Waals surface area (Å²) in [5.74, 6) is 0.214. The lowest BCUT2D eigenvalue weighted by Gasteiger charge is -2.19. The summed E-state index contributed by atoms with van der Waals surface area (Å²) < 4.78 is 23.7. The fourth-order valence-corrected chi connectivity index (χ4v) is 7.09. The molecule has 2 heterocycles. The second-order valence-electron chi connectivity index (χ2n) is 12.0. The van der Waals surface area contributed by atoms with Crippen molar-refractivity contribution in [3.05, 3.63) is 92.0 Å². The van der Waals surface area contributed by atoms with E-state index in [9.17, 15) is 4.79 Å². The van der Waals surface area contributed by atoms with Crippen molar-refractivity contribution in [2.75, 3.05) is 27.3 Å². The molecule has 0 bridgehead atoms. The number of hydrogen-bond donors (Lipinski definition) is 5. The zero-order chi connectivity index (χ0) is 35.4. The van der Waals surface area contributed by atoms with Crippen molar-refractivity contribution in [2.24, 2.45) is 0 Å². The highest BCUT2D eigenvalue weighted by Gasteiger charge is 2.32. The van der Waals surface area contributed by atoms with E-state index in [0.29, 0.717) is 32.9 Å². The molecule has 2 atom stereocenters. The largest absolute Gasteiger partial charge is 0.481 e. The number of pyridine rings is 2. The number of aliphatic carboxylic acids is 1. The molecule has 0 fully saturated rings. The zero-order valence-electron chi connectivity index (χ0n) is 27.5. The summed E-state index contributed by atoms with van der Waals surface area (Å²) in [4.78, 5) is 20.0. The number of carboxylic acids is 1. The Morgan fingerprint density at radius 1 is 0.800 bits per heavy atom. The molecule has 264 valence electrons. The number of carboxylic acid groups (broad SMARTS) is 1. The van der Waals surface area contributed by atoms with Gasteiger partial charge in [0.1, 0.15) is 22.3 Å². The minimum absolute atomic E-state index is 0.00991. The third-order valence-electron chi connectivity index (χ3n) is 8.82. The van der Waals surface area contributed by atoms with Crippen LogP contribution in [0.5, 0.6) is 23.5 Å². The van der Waals surface area contributed by atoms with Gasteiger partial charge in [0.2, 0.25) is 23.5 Å². The number of carbonyl (C=O) groups is 1. The first kappa shape index (κ1) is 35.6. The number of aliphatic hydroxyl groups is 2. The van der Waals surface area contributed by atoms with Gasteiger partial charge in [-0.3, -0.25) is 4.79 Å². The van der Waals surface area contributed by atoms with Crippen LogP contribution in [0.4, 0.5) is 0 Å². The van der Waals surface area contributed by atoms with Crippen LogP contribution in [0.2, 0.25) is 10.0 Å². The third kappa shape index (κ3) is 7.75. The summed E-state index contributed by atoms with van der Waals surface area (Å²) in [6, 6.07) is 15.9. The SMILES string of the molecule is COc1nc(O[C@H]2CCc3c(-c4cccc5c4CC[C@@H]5Oc4nc(OC)c(CNCC(O)O)cc4Cl)cccc32)c(Cl)cc1CNCC(=O)O. The summed E-state index contributed by atoms with van der Waals surface area (Å²) in [5.41, 5.74) is 8.15. The van der Waals surface area contributed by atoms with Crippen LogP contribution in [0.25, 0.3) is 11.1 Å². The molecule has 4 aromatic rings. The van der Waals surface area contributed by atoms with Crippen molar-refractivity contribution in [3.8, 4) is 34.6 Å². The Kier molecular flexibility index (Phi) is 11.3. The van der Waals surface area contributed by atoms with E-state index in [0.717, 1.165) is 47.9 Å². The van der Waals surface area contributed by atoms with Gasteiger partial charge < -0.3 is 44.9 Å². The Morgan fingerprint density at radius 3 is 1.72 bits per heavy atom. The molecule has 14 heteroatoms. The highest BCUT2D eigenvalue weighted by atomic mass is 35.5. The third-order valence-corrected chi connectivity index (χ3v) is 9.36. The Hall–Kier alpha value is -4.17. The first-order valence-corrected chi connectivity index (χ1v) is 17.0. The molecule has 0 saturated carbocycles. The molecular weight excluding hydrogens is 687 g/mol. The van der Waals surface area contributed by atoms with Gasteiger partial charge >= 0.3 is 5.97 Å². The average molecular weight is 726 g/mol. The van der Waals surface area contributed by atoms with Crippen LogP contribution < -0.4 is 29.6 Å². The first-order chi connectivity index (χ1) is 24.2. The van der Waals surface area contributed by atoms with Crippen molar-refractivity contribution in [3.63, 3.8) is 0 Å². The van der Waals surface area contributed by atoms with Crippen molar-refractivity contribution >= 4 is 29.2 Å². The minimum atomic E-state index is -1.47. The van der Waals surface area contributed by atoms with E-state index < -0.39 is 12.3 Å². The van der Waals surface area contributed by atoms with Gasteiger partial charge in [-0.1, -0.05) is 59.6 Å². The first-order valence-electron chi connectivity index (χ1n) is 16.2. The van der Waals surface area contributed by atoms with Crippen molar-refractivity contribution in [2.45, 2.75) is 57.3 Å². The Balaban J connectivity index is 1.21. The van der Waals surface area contributed by atoms with E-state index in [2.05, 4.69) is 44.9 Å². The highest BCUT2D eigenvalue weighted by molar-refractivity contribution is 6.32. The molecule has 12 nitrogen and oxygen atoms in total. The van der Waals surface area contributed by atoms with Crippen LogP contribution in [0, 0.1) is 0 Å². The standard InChI is InChI=1S/C36H38Cl2N4O8/c1-47-33-19(15-39-17-31(43)44)13-27(37)35(41-33)49-29-11-9-23-21(5-3-7-25(23)29)22-6-4-8-26-24(22)10-12-30(26)50-36-28(38)14-20(34(42-36)48-2)16-40-18-32(45)46/h3-8,13-14,29-31,39-40,43-44H,9-12,15-18H2,1-2H3,(H,45,46)/t29-,30-/m0/s1. The van der Waals surface area contributed by atoms with Gasteiger partial charge in [-0.2, -0.15) is 9.97 Å². The molecule has 2 aromatic carbocycles. The molecule has 0 amide bonds. The predicted octanol–water partition coefficient (Wildman–Crippen LogP) is 5.17. The van der Waals surface area contributed by atoms with E-state index in [1.165, 1.54) is 25.3 Å². The van der Waals surface area contributed by atoms with Gasteiger partial charge in [-0.05, 0) is 71.2 Å². The molecule has 2 aliphatic carbocycles. The number of benzene rings is 2. The Bertz CT molecular complexity index is 1870. The number of rotatable bonds is 15. The summed E-state index contributed by atoms with van der Waals surface area (Å²) in [6.45, 7) is 0.302. The van der Waals surface area contributed by atoms with Crippen LogP contribution in [0.3, 0.4) is 0 Å². The number of aliphatic hydroxyl groups excluding tert-OH is 1. The molecule has 50 heavy (non-hydrogen) atoms. The molecule has 0 spiro atoms. The van der Waals surface area contributed by atoms with Crippen LogP contribution in [-0.4, -0.2) is 64.9 Å². The number of fused-ring (bicyclic) bond motifs is 2. The number of methoxy groups -OCH3 is 2. The molecular formula is C36H38Cl2N4O8. The maximum atomic E-state index is 10.9. The second kappa shape index (κ2) is 15.8. The van der Waals surface area contributed by atoms with E-state index in [-0.39, 0.29) is 50.1 Å². The molecule has 2 aromatic heterocycles. The molecule has 2 aliphatic rings. The lowest BCUT2D eigenvalue weighted by atomic mass is 9.91. The minimum Gasteiger partial charge on any atom is -0.481 e. The highest BCUT2D eigenvalue weighted by Crippen LogP contribution is 2.46. The number of aromatic nitrogens is 2. The number of ether oxygens (including phenoxy) is 4. The van der Waals surface area contributed by atoms with Gasteiger partial charge in [0, 0.05) is 30.8 Å². The van der Waals surface area contributed by atoms with Crippen molar-refractivity contribution in [1.29, 1.82) is 0 Å². The zero-order valence-corrected chi connectivity index (χ0v) is 29.1. The number of nitrogens with one attached hydrogen (secondary N) is 2. The predicted molar refractivity (Wildman–Crippen MR) is 186 cm³/mol. The fourth-order valence-electron chi connectivity index (χ4n) is 6.65. The van der Waals surface area contributed by atoms with E-state index >= 15 is 0 Å². The molecule has 6 rings (SSSR count). The molecule has 0 saturated heterocycles. The summed E-state index contributed by atoms with van der Waals surface area (Å²) in [6.07, 6.45) is 1.12. The number of nitrogens with zero attached hydrogens (tertiary/aromatic N) is 2. The summed E-state index contributed by atoms with van der Waals surface area (Å²) in [5, 5.41) is 33.6. The summed E-state index contributed by atoms with van der Waals surface area (Å²) in [7, 11) is 3.01. The summed E-state index contributed by atoms with van der Waals surface area (Å²) >= 11 is 13.2. The second-order valence-corrected chi connectivity index (χ2v) is 12.8. The monoisotopic (exact) mass is 724 g/mol. The number of halogens is 2. The smallest absolute Gasteiger partial charge is 0.317 e. The Labute approximate surface area is 299 Å². The fraction of sp³-hybridized carbons (Fsp3) is 0.361. The van der Waals surface area contributed by atoms with E-state index in [1.807, 2.05) is 12.1 Å². The lowest BCUT2D eigenvalue weighted by Crippen LogP contribution is -2.26. The average Bonchev–Trinajstić information content (AvgIpc) is 3.70. The van der Waals surface area contributed by atoms with Crippen molar-refractivity contribution in [1.82, 2.24) is 20.6 Å². The maximum absolute atomic E-state index is 10.9. The van der Waals surface area contributed by atoms with Gasteiger partial charge in [0.25, 0.3) is 0 Å². The van der Waals surface area contributed by atoms with Gasteiger partial charge in [0.05, 0.1) is 20.8 Å². The molecule has 5 N–H and O–H groups in total.